The van der Waals surface area contributed by atoms with Crippen LogP contribution in [0.15, 0.2) is 18.2 Å². The number of hydrogen-bond donors (Lipinski definition) is 1. The van der Waals surface area contributed by atoms with E-state index in [9.17, 15) is 4.39 Å². The van der Waals surface area contributed by atoms with Crippen molar-refractivity contribution in [1.82, 2.24) is 0 Å². The van der Waals surface area contributed by atoms with Crippen LogP contribution < -0.4 is 10.6 Å². The van der Waals surface area contributed by atoms with E-state index in [1.807, 2.05) is 11.9 Å². The highest BCUT2D eigenvalue weighted by Gasteiger charge is 2.21. The molecule has 1 aromatic carbocycles. The van der Waals surface area contributed by atoms with E-state index in [4.69, 9.17) is 10.5 Å². The van der Waals surface area contributed by atoms with Crippen LogP contribution in [-0.2, 0) is 4.74 Å². The molecule has 1 aliphatic rings. The Hall–Kier alpha value is -1.29. The Morgan fingerprint density at radius 2 is 2.24 bits per heavy atom. The molecule has 0 heterocycles. The molecule has 0 bridgehead atoms. The third kappa shape index (κ3) is 3.60. The third-order valence-electron chi connectivity index (χ3n) is 3.00. The number of benzene rings is 1. The number of halogens is 1. The molecule has 3 nitrogen and oxygen atoms in total. The van der Waals surface area contributed by atoms with Crippen LogP contribution in [0.2, 0.25) is 0 Å². The molecule has 17 heavy (non-hydrogen) atoms. The highest BCUT2D eigenvalue weighted by Crippen LogP contribution is 2.28. The second-order valence-corrected chi connectivity index (χ2v) is 4.65. The summed E-state index contributed by atoms with van der Waals surface area (Å²) in [5.74, 6) is 0.489. The van der Waals surface area contributed by atoms with Gasteiger partial charge in [0, 0.05) is 25.9 Å². The minimum absolute atomic E-state index is 0.283. The Labute approximate surface area is 101 Å². The molecular weight excluding hydrogens is 219 g/mol. The summed E-state index contributed by atoms with van der Waals surface area (Å²) in [5, 5.41) is 0. The molecule has 0 saturated heterocycles. The van der Waals surface area contributed by atoms with E-state index in [-0.39, 0.29) is 5.82 Å². The summed E-state index contributed by atoms with van der Waals surface area (Å²) in [5.41, 5.74) is 6.52. The van der Waals surface area contributed by atoms with Gasteiger partial charge in [-0.25, -0.2) is 4.39 Å². The van der Waals surface area contributed by atoms with Gasteiger partial charge < -0.3 is 15.4 Å². The molecule has 0 unspecified atom stereocenters. The molecule has 0 aliphatic heterocycles. The fourth-order valence-corrected chi connectivity index (χ4v) is 1.69. The molecule has 0 atom stereocenters. The van der Waals surface area contributed by atoms with Crippen LogP contribution >= 0.6 is 0 Å². The van der Waals surface area contributed by atoms with E-state index in [2.05, 4.69) is 0 Å². The maximum absolute atomic E-state index is 13.6. The fraction of sp³-hybridized carbons (Fsp3) is 0.538. The maximum Gasteiger partial charge on any atom is 0.148 e. The van der Waals surface area contributed by atoms with Crippen molar-refractivity contribution < 1.29 is 9.13 Å². The van der Waals surface area contributed by atoms with Gasteiger partial charge in [-0.3, -0.25) is 0 Å². The molecule has 0 aromatic heterocycles. The number of anilines is 2. The first kappa shape index (κ1) is 12.2. The number of likely N-dealkylation sites (N-methyl/N-ethyl adjacent to an activating group) is 1. The SMILES string of the molecule is CN(CCOCC1CC1)c1ccc(N)cc1F. The largest absolute Gasteiger partial charge is 0.399 e. The molecule has 0 spiro atoms. The van der Waals surface area contributed by atoms with Crippen molar-refractivity contribution in [2.75, 3.05) is 37.4 Å². The van der Waals surface area contributed by atoms with Crippen LogP contribution in [0.3, 0.4) is 0 Å². The molecule has 2 rings (SSSR count). The molecule has 1 fully saturated rings. The number of nitrogens with zero attached hydrogens (tertiary/aromatic N) is 1. The summed E-state index contributed by atoms with van der Waals surface area (Å²) in [6.45, 7) is 2.17. The quantitative estimate of drug-likeness (QED) is 0.610. The summed E-state index contributed by atoms with van der Waals surface area (Å²) in [7, 11) is 1.86. The van der Waals surface area contributed by atoms with Gasteiger partial charge in [0.15, 0.2) is 0 Å². The first-order valence-corrected chi connectivity index (χ1v) is 6.00. The number of rotatable bonds is 6. The Kier molecular flexibility index (Phi) is 3.84. The number of nitrogen functional groups attached to an aromatic ring is 1. The van der Waals surface area contributed by atoms with Gasteiger partial charge >= 0.3 is 0 Å². The standard InChI is InChI=1S/C13H19FN2O/c1-16(6-7-17-9-10-2-3-10)13-5-4-11(15)8-12(13)14/h4-5,8,10H,2-3,6-7,9,15H2,1H3. The van der Waals surface area contributed by atoms with Crippen molar-refractivity contribution in [2.45, 2.75) is 12.8 Å². The van der Waals surface area contributed by atoms with Gasteiger partial charge in [0.05, 0.1) is 12.3 Å². The van der Waals surface area contributed by atoms with Crippen molar-refractivity contribution in [3.63, 3.8) is 0 Å². The lowest BCUT2D eigenvalue weighted by Gasteiger charge is -2.20. The molecule has 1 aromatic rings. The normalized spacial score (nSPS) is 14.9. The van der Waals surface area contributed by atoms with Gasteiger partial charge in [-0.05, 0) is 37.0 Å². The topological polar surface area (TPSA) is 38.5 Å². The lowest BCUT2D eigenvalue weighted by atomic mass is 10.2. The van der Waals surface area contributed by atoms with E-state index in [0.29, 0.717) is 24.5 Å². The highest BCUT2D eigenvalue weighted by atomic mass is 19.1. The van der Waals surface area contributed by atoms with Gasteiger partial charge in [-0.2, -0.15) is 0 Å². The molecular formula is C13H19FN2O. The zero-order valence-corrected chi connectivity index (χ0v) is 10.2. The van der Waals surface area contributed by atoms with Crippen LogP contribution in [-0.4, -0.2) is 26.8 Å². The van der Waals surface area contributed by atoms with Crippen molar-refractivity contribution in [2.24, 2.45) is 5.92 Å². The Balaban J connectivity index is 1.78. The maximum atomic E-state index is 13.6. The van der Waals surface area contributed by atoms with Gasteiger partial charge in [-0.1, -0.05) is 0 Å². The van der Waals surface area contributed by atoms with Crippen molar-refractivity contribution in [3.05, 3.63) is 24.0 Å². The van der Waals surface area contributed by atoms with Crippen LogP contribution in [0.5, 0.6) is 0 Å². The van der Waals surface area contributed by atoms with Gasteiger partial charge in [0.2, 0.25) is 0 Å². The zero-order chi connectivity index (χ0) is 12.3. The van der Waals surface area contributed by atoms with Crippen molar-refractivity contribution in [1.29, 1.82) is 0 Å². The molecule has 0 amide bonds. The summed E-state index contributed by atoms with van der Waals surface area (Å²) >= 11 is 0. The van der Waals surface area contributed by atoms with Crippen LogP contribution in [0, 0.1) is 11.7 Å². The molecule has 2 N–H and O–H groups in total. The van der Waals surface area contributed by atoms with Gasteiger partial charge in [-0.15, -0.1) is 0 Å². The summed E-state index contributed by atoms with van der Waals surface area (Å²) in [6.07, 6.45) is 2.59. The number of ether oxygens (including phenoxy) is 1. The molecule has 0 radical (unpaired) electrons. The highest BCUT2D eigenvalue weighted by molar-refractivity contribution is 5.53. The van der Waals surface area contributed by atoms with E-state index in [1.54, 1.807) is 12.1 Å². The predicted octanol–water partition coefficient (Wildman–Crippen LogP) is 2.27. The lowest BCUT2D eigenvalue weighted by molar-refractivity contribution is 0.131. The van der Waals surface area contributed by atoms with Gasteiger partial charge in [0.1, 0.15) is 5.82 Å². The second kappa shape index (κ2) is 5.36. The molecule has 1 saturated carbocycles. The van der Waals surface area contributed by atoms with Crippen LogP contribution in [0.4, 0.5) is 15.8 Å². The van der Waals surface area contributed by atoms with E-state index >= 15 is 0 Å². The monoisotopic (exact) mass is 238 g/mol. The minimum Gasteiger partial charge on any atom is -0.399 e. The Morgan fingerprint density at radius 3 is 2.88 bits per heavy atom. The summed E-state index contributed by atoms with van der Waals surface area (Å²) < 4.78 is 19.1. The van der Waals surface area contributed by atoms with Crippen LogP contribution in [0.1, 0.15) is 12.8 Å². The minimum atomic E-state index is -0.283. The van der Waals surface area contributed by atoms with E-state index in [1.165, 1.54) is 18.9 Å². The van der Waals surface area contributed by atoms with Crippen molar-refractivity contribution in [3.8, 4) is 0 Å². The molecule has 1 aliphatic carbocycles. The zero-order valence-electron chi connectivity index (χ0n) is 10.2. The van der Waals surface area contributed by atoms with E-state index < -0.39 is 0 Å². The average molecular weight is 238 g/mol. The predicted molar refractivity (Wildman–Crippen MR) is 67.6 cm³/mol. The first-order valence-electron chi connectivity index (χ1n) is 6.00. The second-order valence-electron chi connectivity index (χ2n) is 4.65. The summed E-state index contributed by atoms with van der Waals surface area (Å²) in [4.78, 5) is 1.85. The third-order valence-corrected chi connectivity index (χ3v) is 3.00. The molecule has 94 valence electrons. The fourth-order valence-electron chi connectivity index (χ4n) is 1.69. The first-order chi connectivity index (χ1) is 8.16. The van der Waals surface area contributed by atoms with Crippen LogP contribution in [0.25, 0.3) is 0 Å². The number of nitrogens with two attached hydrogens (primary N) is 1. The van der Waals surface area contributed by atoms with E-state index in [0.717, 1.165) is 12.5 Å². The Bertz CT molecular complexity index is 380. The molecule has 4 heteroatoms. The van der Waals surface area contributed by atoms with Gasteiger partial charge in [0.25, 0.3) is 0 Å². The lowest BCUT2D eigenvalue weighted by Crippen LogP contribution is -2.23. The average Bonchev–Trinajstić information content (AvgIpc) is 3.08. The Morgan fingerprint density at radius 1 is 1.47 bits per heavy atom. The number of hydrogen-bond acceptors (Lipinski definition) is 3. The smallest absolute Gasteiger partial charge is 0.148 e. The summed E-state index contributed by atoms with van der Waals surface area (Å²) in [6, 6.07) is 4.75. The van der Waals surface area contributed by atoms with Crippen molar-refractivity contribution >= 4 is 11.4 Å².